The van der Waals surface area contributed by atoms with E-state index in [0.29, 0.717) is 6.61 Å². The summed E-state index contributed by atoms with van der Waals surface area (Å²) >= 11 is 0. The molecular weight excluding hydrogens is 368 g/mol. The molecule has 7 heteroatoms. The van der Waals surface area contributed by atoms with Gasteiger partial charge in [-0.25, -0.2) is 0 Å². The molecule has 29 heavy (non-hydrogen) atoms. The van der Waals surface area contributed by atoms with Gasteiger partial charge in [-0.3, -0.25) is 9.59 Å². The molecule has 2 aliphatic rings. The standard InChI is InChI=1S/C13H16N2O.C9H20N2O2/c16-10-15-7-5-13(6-8-15)9-14-12-4-2-1-3-11(12)13;1-7(6-13-5)11-8(12)9(2,3)10-4/h1-4,10,14H,5-9H2;7,10H,6H2,1-5H3,(H,11,12). The van der Waals surface area contributed by atoms with Crippen LogP contribution in [0.1, 0.15) is 39.2 Å². The fourth-order valence-corrected chi connectivity index (χ4v) is 3.77. The van der Waals surface area contributed by atoms with Crippen molar-refractivity contribution in [2.24, 2.45) is 0 Å². The fraction of sp³-hybridized carbons (Fsp3) is 0.636. The van der Waals surface area contributed by atoms with E-state index in [2.05, 4.69) is 40.2 Å². The first-order chi connectivity index (χ1) is 13.8. The minimum absolute atomic E-state index is 0.0143. The molecule has 0 saturated carbocycles. The van der Waals surface area contributed by atoms with Gasteiger partial charge < -0.3 is 25.6 Å². The quantitative estimate of drug-likeness (QED) is 0.629. The number of amides is 2. The Hall–Kier alpha value is -2.12. The number of carbonyl (C=O) groups is 2. The number of nitrogens with zero attached hydrogens (tertiary/aromatic N) is 1. The Morgan fingerprint density at radius 1 is 1.34 bits per heavy atom. The largest absolute Gasteiger partial charge is 0.384 e. The second-order valence-electron chi connectivity index (χ2n) is 8.53. The van der Waals surface area contributed by atoms with Gasteiger partial charge >= 0.3 is 0 Å². The van der Waals surface area contributed by atoms with Gasteiger partial charge in [0.15, 0.2) is 0 Å². The first-order valence-corrected chi connectivity index (χ1v) is 10.3. The lowest BCUT2D eigenvalue weighted by Gasteiger charge is -2.37. The summed E-state index contributed by atoms with van der Waals surface area (Å²) in [5.74, 6) is -0.0143. The smallest absolute Gasteiger partial charge is 0.240 e. The van der Waals surface area contributed by atoms with Crippen molar-refractivity contribution in [3.8, 4) is 0 Å². The molecular formula is C22H36N4O3. The number of hydrogen-bond acceptors (Lipinski definition) is 5. The highest BCUT2D eigenvalue weighted by molar-refractivity contribution is 5.85. The van der Waals surface area contributed by atoms with Gasteiger partial charge in [0.25, 0.3) is 0 Å². The zero-order valence-electron chi connectivity index (χ0n) is 18.4. The molecule has 1 aromatic carbocycles. The van der Waals surface area contributed by atoms with Gasteiger partial charge in [-0.1, -0.05) is 18.2 Å². The molecule has 1 saturated heterocycles. The van der Waals surface area contributed by atoms with E-state index >= 15 is 0 Å². The van der Waals surface area contributed by atoms with E-state index in [1.54, 1.807) is 14.2 Å². The van der Waals surface area contributed by atoms with Crippen LogP contribution in [0.25, 0.3) is 0 Å². The number of likely N-dealkylation sites (N-methyl/N-ethyl adjacent to an activating group) is 1. The van der Waals surface area contributed by atoms with Crippen LogP contribution in [0.4, 0.5) is 5.69 Å². The molecule has 1 atom stereocenters. The van der Waals surface area contributed by atoms with Crippen molar-refractivity contribution in [3.05, 3.63) is 29.8 Å². The Labute approximate surface area is 174 Å². The van der Waals surface area contributed by atoms with Crippen molar-refractivity contribution in [2.45, 2.75) is 50.6 Å². The summed E-state index contributed by atoms with van der Waals surface area (Å²) in [5.41, 5.74) is 2.47. The minimum Gasteiger partial charge on any atom is -0.384 e. The number of anilines is 1. The van der Waals surface area contributed by atoms with Crippen molar-refractivity contribution in [3.63, 3.8) is 0 Å². The van der Waals surface area contributed by atoms with E-state index in [-0.39, 0.29) is 17.4 Å². The van der Waals surface area contributed by atoms with E-state index in [1.165, 1.54) is 11.3 Å². The van der Waals surface area contributed by atoms with Crippen LogP contribution in [0.5, 0.6) is 0 Å². The highest BCUT2D eigenvalue weighted by Gasteiger charge is 2.40. The van der Waals surface area contributed by atoms with Gasteiger partial charge in [-0.2, -0.15) is 0 Å². The van der Waals surface area contributed by atoms with Gasteiger partial charge in [-0.05, 0) is 52.3 Å². The number of para-hydroxylation sites is 1. The third-order valence-electron chi connectivity index (χ3n) is 6.01. The topological polar surface area (TPSA) is 82.7 Å². The number of piperidine rings is 1. The molecule has 0 bridgehead atoms. The summed E-state index contributed by atoms with van der Waals surface area (Å²) in [6, 6.07) is 8.61. The van der Waals surface area contributed by atoms with E-state index in [1.807, 2.05) is 25.7 Å². The Morgan fingerprint density at radius 3 is 2.59 bits per heavy atom. The summed E-state index contributed by atoms with van der Waals surface area (Å²) in [7, 11) is 3.38. The molecule has 7 nitrogen and oxygen atoms in total. The summed E-state index contributed by atoms with van der Waals surface area (Å²) in [6.45, 7) is 8.92. The van der Waals surface area contributed by atoms with Crippen molar-refractivity contribution in [1.29, 1.82) is 0 Å². The average molecular weight is 405 g/mol. The van der Waals surface area contributed by atoms with Crippen LogP contribution < -0.4 is 16.0 Å². The monoisotopic (exact) mass is 404 g/mol. The van der Waals surface area contributed by atoms with Gasteiger partial charge in [0.1, 0.15) is 0 Å². The lowest BCUT2D eigenvalue weighted by atomic mass is 9.74. The van der Waals surface area contributed by atoms with Crippen molar-refractivity contribution in [1.82, 2.24) is 15.5 Å². The van der Waals surface area contributed by atoms with Crippen LogP contribution in [0, 0.1) is 0 Å². The van der Waals surface area contributed by atoms with Crippen LogP contribution >= 0.6 is 0 Å². The van der Waals surface area contributed by atoms with E-state index in [0.717, 1.165) is 38.9 Å². The number of likely N-dealkylation sites (tertiary alicyclic amines) is 1. The second-order valence-corrected chi connectivity index (χ2v) is 8.53. The number of carbonyl (C=O) groups excluding carboxylic acids is 2. The lowest BCUT2D eigenvalue weighted by molar-refractivity contribution is -0.127. The maximum absolute atomic E-state index is 11.6. The molecule has 1 unspecified atom stereocenters. The first kappa shape index (κ1) is 23.2. The van der Waals surface area contributed by atoms with E-state index in [9.17, 15) is 9.59 Å². The molecule has 2 heterocycles. The molecule has 1 aromatic rings. The Balaban J connectivity index is 0.000000213. The molecule has 3 N–H and O–H groups in total. The lowest BCUT2D eigenvalue weighted by Crippen LogP contribution is -2.53. The summed E-state index contributed by atoms with van der Waals surface area (Å²) in [5, 5.41) is 9.27. The molecule has 162 valence electrons. The minimum atomic E-state index is -0.526. The van der Waals surface area contributed by atoms with Gasteiger partial charge in [0, 0.05) is 43.9 Å². The van der Waals surface area contributed by atoms with E-state index in [4.69, 9.17) is 4.74 Å². The molecule has 2 aliphatic heterocycles. The normalized spacial score (nSPS) is 18.2. The van der Waals surface area contributed by atoms with Crippen molar-refractivity contribution >= 4 is 18.0 Å². The van der Waals surface area contributed by atoms with Crippen LogP contribution in [0.15, 0.2) is 24.3 Å². The maximum atomic E-state index is 11.6. The van der Waals surface area contributed by atoms with Crippen LogP contribution in [-0.4, -0.2) is 69.2 Å². The molecule has 0 aromatic heterocycles. The molecule has 1 spiro atoms. The molecule has 0 radical (unpaired) electrons. The Kier molecular flexibility index (Phi) is 8.05. The molecule has 3 rings (SSSR count). The highest BCUT2D eigenvalue weighted by atomic mass is 16.5. The third-order valence-corrected chi connectivity index (χ3v) is 6.01. The second kappa shape index (κ2) is 10.1. The third kappa shape index (κ3) is 5.70. The fourth-order valence-electron chi connectivity index (χ4n) is 3.77. The van der Waals surface area contributed by atoms with Crippen LogP contribution in [0.2, 0.25) is 0 Å². The number of benzene rings is 1. The Bertz CT molecular complexity index is 684. The SMILES string of the molecule is CNC(C)(C)C(=O)NC(C)COC.O=CN1CCC2(CC1)CNc1ccccc12. The zero-order chi connectivity index (χ0) is 21.5. The summed E-state index contributed by atoms with van der Waals surface area (Å²) in [6.07, 6.45) is 3.13. The number of hydrogen-bond donors (Lipinski definition) is 3. The molecule has 2 amide bonds. The van der Waals surface area contributed by atoms with Gasteiger partial charge in [-0.15, -0.1) is 0 Å². The van der Waals surface area contributed by atoms with Crippen molar-refractivity contribution < 1.29 is 14.3 Å². The molecule has 0 aliphatic carbocycles. The number of methoxy groups -OCH3 is 1. The summed E-state index contributed by atoms with van der Waals surface area (Å²) in [4.78, 5) is 24.2. The summed E-state index contributed by atoms with van der Waals surface area (Å²) < 4.78 is 4.92. The maximum Gasteiger partial charge on any atom is 0.240 e. The van der Waals surface area contributed by atoms with Crippen LogP contribution in [-0.2, 0) is 19.7 Å². The van der Waals surface area contributed by atoms with Crippen molar-refractivity contribution in [2.75, 3.05) is 45.7 Å². The average Bonchev–Trinajstić information content (AvgIpc) is 3.08. The van der Waals surface area contributed by atoms with Gasteiger partial charge in [0.2, 0.25) is 12.3 Å². The Morgan fingerprint density at radius 2 is 2.00 bits per heavy atom. The molecule has 1 fully saturated rings. The number of nitrogens with one attached hydrogen (secondary N) is 3. The predicted octanol–water partition coefficient (Wildman–Crippen LogP) is 1.74. The first-order valence-electron chi connectivity index (χ1n) is 10.3. The van der Waals surface area contributed by atoms with E-state index < -0.39 is 5.54 Å². The van der Waals surface area contributed by atoms with Crippen LogP contribution in [0.3, 0.4) is 0 Å². The van der Waals surface area contributed by atoms with Gasteiger partial charge in [0.05, 0.1) is 12.1 Å². The highest BCUT2D eigenvalue weighted by Crippen LogP contribution is 2.43. The number of fused-ring (bicyclic) bond motifs is 2. The number of ether oxygens (including phenoxy) is 1. The zero-order valence-corrected chi connectivity index (χ0v) is 18.4. The predicted molar refractivity (Wildman–Crippen MR) is 116 cm³/mol. The number of rotatable bonds is 6.